The molecule has 1 atom stereocenters. The van der Waals surface area contributed by atoms with Crippen molar-refractivity contribution in [2.75, 3.05) is 5.32 Å². The highest BCUT2D eigenvalue weighted by Crippen LogP contribution is 2.22. The number of aliphatic carboxylic acids is 1. The van der Waals surface area contributed by atoms with Crippen molar-refractivity contribution in [1.82, 2.24) is 4.98 Å². The van der Waals surface area contributed by atoms with Crippen molar-refractivity contribution in [3.63, 3.8) is 0 Å². The number of anilines is 1. The highest BCUT2D eigenvalue weighted by atomic mass is 32.1. The Morgan fingerprint density at radius 1 is 1.60 bits per heavy atom. The van der Waals surface area contributed by atoms with Crippen molar-refractivity contribution < 1.29 is 9.90 Å². The fourth-order valence-electron chi connectivity index (χ4n) is 1.26. The van der Waals surface area contributed by atoms with Gasteiger partial charge >= 0.3 is 5.97 Å². The summed E-state index contributed by atoms with van der Waals surface area (Å²) in [6.45, 7) is 1.61. The summed E-state index contributed by atoms with van der Waals surface area (Å²) in [5, 5.41) is 11.6. The van der Waals surface area contributed by atoms with Crippen LogP contribution in [0.3, 0.4) is 0 Å². The van der Waals surface area contributed by atoms with Crippen molar-refractivity contribution in [3.05, 3.63) is 23.7 Å². The molecule has 0 bridgehead atoms. The van der Waals surface area contributed by atoms with Crippen LogP contribution in [0.1, 0.15) is 6.92 Å². The summed E-state index contributed by atoms with van der Waals surface area (Å²) in [6, 6.07) is 5.03. The van der Waals surface area contributed by atoms with Gasteiger partial charge in [0, 0.05) is 5.69 Å². The summed E-state index contributed by atoms with van der Waals surface area (Å²) in [5.74, 6) is -0.862. The van der Waals surface area contributed by atoms with Crippen LogP contribution in [0, 0.1) is 0 Å². The van der Waals surface area contributed by atoms with Gasteiger partial charge in [-0.05, 0) is 25.1 Å². The lowest BCUT2D eigenvalue weighted by atomic mass is 10.2. The largest absolute Gasteiger partial charge is 0.480 e. The van der Waals surface area contributed by atoms with E-state index >= 15 is 0 Å². The lowest BCUT2D eigenvalue weighted by molar-refractivity contribution is -0.137. The number of hydrogen-bond donors (Lipinski definition) is 2. The Labute approximate surface area is 90.6 Å². The lowest BCUT2D eigenvalue weighted by Gasteiger charge is -2.10. The molecular formula is C10H10N2O2S. The number of thiazole rings is 1. The van der Waals surface area contributed by atoms with Crippen LogP contribution < -0.4 is 5.32 Å². The maximum atomic E-state index is 10.6. The molecular weight excluding hydrogens is 212 g/mol. The third-order valence-corrected chi connectivity index (χ3v) is 2.88. The van der Waals surface area contributed by atoms with Gasteiger partial charge in [-0.1, -0.05) is 0 Å². The Bertz CT molecular complexity index is 495. The molecule has 2 aromatic rings. The van der Waals surface area contributed by atoms with Gasteiger partial charge in [0.15, 0.2) is 0 Å². The van der Waals surface area contributed by atoms with Crippen LogP contribution in [0.2, 0.25) is 0 Å². The number of carboxylic acids is 1. The van der Waals surface area contributed by atoms with E-state index < -0.39 is 12.0 Å². The number of rotatable bonds is 3. The van der Waals surface area contributed by atoms with E-state index in [1.165, 1.54) is 11.3 Å². The molecule has 0 aliphatic carbocycles. The smallest absolute Gasteiger partial charge is 0.325 e. The van der Waals surface area contributed by atoms with Crippen molar-refractivity contribution in [2.45, 2.75) is 13.0 Å². The van der Waals surface area contributed by atoms with Gasteiger partial charge < -0.3 is 10.4 Å². The first-order chi connectivity index (χ1) is 7.16. The van der Waals surface area contributed by atoms with E-state index in [0.717, 1.165) is 15.9 Å². The van der Waals surface area contributed by atoms with Gasteiger partial charge in [0.1, 0.15) is 6.04 Å². The molecule has 78 valence electrons. The number of nitrogens with one attached hydrogen (secondary N) is 1. The molecule has 0 fully saturated rings. The fraction of sp³-hybridized carbons (Fsp3) is 0.200. The Kier molecular flexibility index (Phi) is 2.55. The zero-order valence-corrected chi connectivity index (χ0v) is 8.91. The van der Waals surface area contributed by atoms with Crippen molar-refractivity contribution >= 4 is 33.2 Å². The highest BCUT2D eigenvalue weighted by Gasteiger charge is 2.10. The molecule has 1 heterocycles. The zero-order valence-electron chi connectivity index (χ0n) is 8.10. The number of fused-ring (bicyclic) bond motifs is 1. The van der Waals surface area contributed by atoms with Gasteiger partial charge in [0.25, 0.3) is 0 Å². The third kappa shape index (κ3) is 2.07. The predicted molar refractivity (Wildman–Crippen MR) is 60.3 cm³/mol. The van der Waals surface area contributed by atoms with Crippen LogP contribution >= 0.6 is 11.3 Å². The van der Waals surface area contributed by atoms with Gasteiger partial charge in [-0.15, -0.1) is 11.3 Å². The number of nitrogens with zero attached hydrogens (tertiary/aromatic N) is 1. The molecule has 0 aliphatic rings. The van der Waals surface area contributed by atoms with E-state index in [-0.39, 0.29) is 0 Å². The second-order valence-electron chi connectivity index (χ2n) is 3.24. The van der Waals surface area contributed by atoms with E-state index in [1.54, 1.807) is 12.4 Å². The molecule has 4 nitrogen and oxygen atoms in total. The fourth-order valence-corrected chi connectivity index (χ4v) is 1.97. The minimum Gasteiger partial charge on any atom is -0.480 e. The standard InChI is InChI=1S/C10H10N2O2S/c1-6(10(13)14)12-7-2-3-8-9(4-7)15-5-11-8/h2-6,12H,1H3,(H,13,14)/t6-/m0/s1. The maximum Gasteiger partial charge on any atom is 0.325 e. The second-order valence-corrected chi connectivity index (χ2v) is 4.13. The van der Waals surface area contributed by atoms with E-state index in [2.05, 4.69) is 10.3 Å². The first-order valence-electron chi connectivity index (χ1n) is 4.49. The topological polar surface area (TPSA) is 62.2 Å². The molecule has 5 heteroatoms. The first-order valence-corrected chi connectivity index (χ1v) is 5.37. The van der Waals surface area contributed by atoms with E-state index in [9.17, 15) is 4.79 Å². The van der Waals surface area contributed by atoms with E-state index in [1.807, 2.05) is 18.2 Å². The van der Waals surface area contributed by atoms with Crippen LogP contribution in [-0.4, -0.2) is 22.1 Å². The van der Waals surface area contributed by atoms with Gasteiger partial charge in [0.2, 0.25) is 0 Å². The lowest BCUT2D eigenvalue weighted by Crippen LogP contribution is -2.25. The van der Waals surface area contributed by atoms with Gasteiger partial charge in [0.05, 0.1) is 15.7 Å². The number of aromatic nitrogens is 1. The molecule has 0 amide bonds. The summed E-state index contributed by atoms with van der Waals surface area (Å²) < 4.78 is 1.05. The molecule has 0 saturated carbocycles. The quantitative estimate of drug-likeness (QED) is 0.835. The third-order valence-electron chi connectivity index (χ3n) is 2.08. The van der Waals surface area contributed by atoms with Crippen LogP contribution in [-0.2, 0) is 4.79 Å². The van der Waals surface area contributed by atoms with Crippen LogP contribution in [0.15, 0.2) is 23.7 Å². The second kappa shape index (κ2) is 3.86. The number of carbonyl (C=O) groups is 1. The molecule has 0 spiro atoms. The number of carboxylic acid groups (broad SMARTS) is 1. The van der Waals surface area contributed by atoms with E-state index in [0.29, 0.717) is 0 Å². The van der Waals surface area contributed by atoms with E-state index in [4.69, 9.17) is 5.11 Å². The molecule has 1 aromatic heterocycles. The van der Waals surface area contributed by atoms with Crippen molar-refractivity contribution in [1.29, 1.82) is 0 Å². The van der Waals surface area contributed by atoms with Crippen LogP contribution in [0.4, 0.5) is 5.69 Å². The number of benzene rings is 1. The average Bonchev–Trinajstić information content (AvgIpc) is 2.64. The summed E-state index contributed by atoms with van der Waals surface area (Å²) in [4.78, 5) is 14.8. The van der Waals surface area contributed by atoms with Crippen molar-refractivity contribution in [2.24, 2.45) is 0 Å². The van der Waals surface area contributed by atoms with Gasteiger partial charge in [-0.3, -0.25) is 4.79 Å². The minimum atomic E-state index is -0.862. The Morgan fingerprint density at radius 2 is 2.40 bits per heavy atom. The van der Waals surface area contributed by atoms with Gasteiger partial charge in [-0.2, -0.15) is 0 Å². The summed E-state index contributed by atoms with van der Waals surface area (Å²) in [7, 11) is 0. The Balaban J connectivity index is 2.24. The SMILES string of the molecule is C[C@H](Nc1ccc2ncsc2c1)C(=O)O. The highest BCUT2D eigenvalue weighted by molar-refractivity contribution is 7.16. The maximum absolute atomic E-state index is 10.6. The normalized spacial score (nSPS) is 12.6. The molecule has 0 aliphatic heterocycles. The summed E-state index contributed by atoms with van der Waals surface area (Å²) in [6.07, 6.45) is 0. The minimum absolute atomic E-state index is 0.588. The molecule has 0 radical (unpaired) electrons. The Hall–Kier alpha value is -1.62. The molecule has 2 N–H and O–H groups in total. The summed E-state index contributed by atoms with van der Waals surface area (Å²) >= 11 is 1.54. The first kappa shape index (κ1) is 9.92. The van der Waals surface area contributed by atoms with Crippen molar-refractivity contribution in [3.8, 4) is 0 Å². The molecule has 0 unspecified atom stereocenters. The zero-order chi connectivity index (χ0) is 10.8. The monoisotopic (exact) mass is 222 g/mol. The van der Waals surface area contributed by atoms with Gasteiger partial charge in [-0.25, -0.2) is 4.98 Å². The molecule has 0 saturated heterocycles. The molecule has 15 heavy (non-hydrogen) atoms. The molecule has 1 aromatic carbocycles. The van der Waals surface area contributed by atoms with Crippen LogP contribution in [0.5, 0.6) is 0 Å². The summed E-state index contributed by atoms with van der Waals surface area (Å²) in [5.41, 5.74) is 3.52. The average molecular weight is 222 g/mol. The Morgan fingerprint density at radius 3 is 3.13 bits per heavy atom. The molecule has 2 rings (SSSR count). The number of hydrogen-bond acceptors (Lipinski definition) is 4. The van der Waals surface area contributed by atoms with Crippen LogP contribution in [0.25, 0.3) is 10.2 Å². The predicted octanol–water partition coefficient (Wildman–Crippen LogP) is 2.18.